The summed E-state index contributed by atoms with van der Waals surface area (Å²) in [5.41, 5.74) is 0.122. The molecule has 2 heterocycles. The van der Waals surface area contributed by atoms with Crippen molar-refractivity contribution in [3.05, 3.63) is 29.3 Å². The van der Waals surface area contributed by atoms with Gasteiger partial charge < -0.3 is 9.69 Å². The molecule has 1 N–H and O–H groups in total. The number of anilines is 1. The van der Waals surface area contributed by atoms with Crippen LogP contribution in [-0.2, 0) is 14.4 Å². The van der Waals surface area contributed by atoms with Crippen LogP contribution < -0.4 is 10.2 Å². The maximum atomic E-state index is 14.5. The lowest BCUT2D eigenvalue weighted by Crippen LogP contribution is -2.40. The lowest BCUT2D eigenvalue weighted by atomic mass is 9.89. The standard InChI is InChI=1S/C17H18F2N2O3/c18-15-11(12-2-4-14(23)20-17(12)24)1-3-13(16(15)19)21-7-5-10(9-22)6-8-21/h1,3,9-10,12H,2,4-8H2,(H,20,23,24)/t12-/m1/s1. The van der Waals surface area contributed by atoms with Crippen LogP contribution in [-0.4, -0.2) is 31.2 Å². The SMILES string of the molecule is O=CC1CCN(c2ccc([C@H]3CCC(=O)NC3=O)c(F)c2F)CC1. The monoisotopic (exact) mass is 336 g/mol. The minimum atomic E-state index is -1.04. The molecule has 5 nitrogen and oxygen atoms in total. The number of hydrogen-bond acceptors (Lipinski definition) is 4. The van der Waals surface area contributed by atoms with Crippen molar-refractivity contribution >= 4 is 23.8 Å². The molecule has 1 aromatic carbocycles. The molecular weight excluding hydrogens is 318 g/mol. The van der Waals surface area contributed by atoms with Crippen LogP contribution in [0.15, 0.2) is 12.1 Å². The highest BCUT2D eigenvalue weighted by Crippen LogP contribution is 2.33. The number of imide groups is 1. The van der Waals surface area contributed by atoms with Gasteiger partial charge in [0.05, 0.1) is 11.6 Å². The Morgan fingerprint density at radius 1 is 1.08 bits per heavy atom. The van der Waals surface area contributed by atoms with Crippen LogP contribution in [0.25, 0.3) is 0 Å². The third-order valence-electron chi connectivity index (χ3n) is 4.78. The van der Waals surface area contributed by atoms with E-state index in [1.165, 1.54) is 12.1 Å². The minimum Gasteiger partial charge on any atom is -0.369 e. The zero-order valence-corrected chi connectivity index (χ0v) is 13.1. The highest BCUT2D eigenvalue weighted by molar-refractivity contribution is 6.01. The van der Waals surface area contributed by atoms with E-state index < -0.39 is 29.4 Å². The van der Waals surface area contributed by atoms with E-state index >= 15 is 0 Å². The smallest absolute Gasteiger partial charge is 0.234 e. The van der Waals surface area contributed by atoms with E-state index in [9.17, 15) is 23.2 Å². The normalized spacial score (nSPS) is 22.4. The van der Waals surface area contributed by atoms with Crippen LogP contribution in [0.4, 0.5) is 14.5 Å². The molecule has 0 aromatic heterocycles. The van der Waals surface area contributed by atoms with E-state index in [0.717, 1.165) is 6.29 Å². The van der Waals surface area contributed by atoms with Gasteiger partial charge in [0.1, 0.15) is 6.29 Å². The van der Waals surface area contributed by atoms with Gasteiger partial charge in [0, 0.05) is 31.0 Å². The van der Waals surface area contributed by atoms with Crippen molar-refractivity contribution in [1.29, 1.82) is 0 Å². The van der Waals surface area contributed by atoms with Crippen LogP contribution in [0.5, 0.6) is 0 Å². The molecule has 128 valence electrons. The van der Waals surface area contributed by atoms with Crippen molar-refractivity contribution in [1.82, 2.24) is 5.32 Å². The predicted octanol–water partition coefficient (Wildman–Crippen LogP) is 1.90. The van der Waals surface area contributed by atoms with Gasteiger partial charge in [-0.3, -0.25) is 14.9 Å². The molecule has 2 aliphatic heterocycles. The first kappa shape index (κ1) is 16.5. The molecule has 2 saturated heterocycles. The summed E-state index contributed by atoms with van der Waals surface area (Å²) in [6, 6.07) is 2.89. The third-order valence-corrected chi connectivity index (χ3v) is 4.78. The molecule has 0 radical (unpaired) electrons. The van der Waals surface area contributed by atoms with E-state index in [1.807, 2.05) is 0 Å². The van der Waals surface area contributed by atoms with E-state index in [2.05, 4.69) is 5.32 Å². The van der Waals surface area contributed by atoms with Crippen molar-refractivity contribution < 1.29 is 23.2 Å². The second-order valence-electron chi connectivity index (χ2n) is 6.27. The Balaban J connectivity index is 1.83. The maximum Gasteiger partial charge on any atom is 0.234 e. The van der Waals surface area contributed by atoms with Crippen LogP contribution in [0.2, 0.25) is 0 Å². The molecule has 0 spiro atoms. The van der Waals surface area contributed by atoms with Gasteiger partial charge >= 0.3 is 0 Å². The molecule has 1 atom stereocenters. The van der Waals surface area contributed by atoms with Gasteiger partial charge in [-0.2, -0.15) is 0 Å². The molecule has 7 heteroatoms. The Bertz CT molecular complexity index is 685. The number of benzene rings is 1. The lowest BCUT2D eigenvalue weighted by molar-refractivity contribution is -0.134. The molecule has 0 bridgehead atoms. The highest BCUT2D eigenvalue weighted by atomic mass is 19.2. The van der Waals surface area contributed by atoms with Gasteiger partial charge in [0.2, 0.25) is 11.8 Å². The fraction of sp³-hybridized carbons (Fsp3) is 0.471. The number of amides is 2. The van der Waals surface area contributed by atoms with Gasteiger partial charge in [-0.15, -0.1) is 0 Å². The first-order chi connectivity index (χ1) is 11.5. The highest BCUT2D eigenvalue weighted by Gasteiger charge is 2.32. The van der Waals surface area contributed by atoms with E-state index in [0.29, 0.717) is 25.9 Å². The molecular formula is C17H18F2N2O3. The van der Waals surface area contributed by atoms with Crippen molar-refractivity contribution in [2.45, 2.75) is 31.6 Å². The fourth-order valence-corrected chi connectivity index (χ4v) is 3.33. The number of nitrogens with one attached hydrogen (secondary N) is 1. The topological polar surface area (TPSA) is 66.5 Å². The second kappa shape index (κ2) is 6.67. The Labute approximate surface area is 138 Å². The number of nitrogens with zero attached hydrogens (tertiary/aromatic N) is 1. The van der Waals surface area contributed by atoms with Gasteiger partial charge in [-0.25, -0.2) is 8.78 Å². The van der Waals surface area contributed by atoms with Crippen molar-refractivity contribution in [3.63, 3.8) is 0 Å². The summed E-state index contributed by atoms with van der Waals surface area (Å²) in [6.45, 7) is 0.967. The van der Waals surface area contributed by atoms with Gasteiger partial charge in [-0.1, -0.05) is 6.07 Å². The molecule has 0 aliphatic carbocycles. The summed E-state index contributed by atoms with van der Waals surface area (Å²) in [5, 5.41) is 2.15. The molecule has 2 aliphatic rings. The molecule has 0 saturated carbocycles. The van der Waals surface area contributed by atoms with Gasteiger partial charge in [-0.05, 0) is 25.3 Å². The molecule has 3 rings (SSSR count). The number of carbonyl (C=O) groups is 3. The maximum absolute atomic E-state index is 14.5. The Morgan fingerprint density at radius 3 is 2.42 bits per heavy atom. The number of carbonyl (C=O) groups excluding carboxylic acids is 3. The number of aldehydes is 1. The fourth-order valence-electron chi connectivity index (χ4n) is 3.33. The summed E-state index contributed by atoms with van der Waals surface area (Å²) < 4.78 is 29.0. The number of halogens is 2. The largest absolute Gasteiger partial charge is 0.369 e. The van der Waals surface area contributed by atoms with Crippen LogP contribution in [0.3, 0.4) is 0 Å². The summed E-state index contributed by atoms with van der Waals surface area (Å²) >= 11 is 0. The predicted molar refractivity (Wildman–Crippen MR) is 82.5 cm³/mol. The lowest BCUT2D eigenvalue weighted by Gasteiger charge is -2.32. The average molecular weight is 336 g/mol. The van der Waals surface area contributed by atoms with E-state index in [-0.39, 0.29) is 30.0 Å². The van der Waals surface area contributed by atoms with Gasteiger partial charge in [0.15, 0.2) is 11.6 Å². The van der Waals surface area contributed by atoms with E-state index in [1.54, 1.807) is 4.90 Å². The zero-order chi connectivity index (χ0) is 17.3. The van der Waals surface area contributed by atoms with Gasteiger partial charge in [0.25, 0.3) is 0 Å². The molecule has 1 aromatic rings. The summed E-state index contributed by atoms with van der Waals surface area (Å²) in [6.07, 6.45) is 2.41. The number of hydrogen-bond donors (Lipinski definition) is 1. The average Bonchev–Trinajstić information content (AvgIpc) is 2.58. The summed E-state index contributed by atoms with van der Waals surface area (Å²) in [7, 11) is 0. The van der Waals surface area contributed by atoms with E-state index in [4.69, 9.17) is 0 Å². The second-order valence-corrected chi connectivity index (χ2v) is 6.27. The Morgan fingerprint density at radius 2 is 1.79 bits per heavy atom. The van der Waals surface area contributed by atoms with Crippen molar-refractivity contribution in [3.8, 4) is 0 Å². The Kier molecular flexibility index (Phi) is 4.59. The van der Waals surface area contributed by atoms with Crippen LogP contribution >= 0.6 is 0 Å². The molecule has 24 heavy (non-hydrogen) atoms. The first-order valence-electron chi connectivity index (χ1n) is 8.03. The minimum absolute atomic E-state index is 0.0240. The summed E-state index contributed by atoms with van der Waals surface area (Å²) in [5.74, 6) is -3.90. The van der Waals surface area contributed by atoms with Crippen molar-refractivity contribution in [2.24, 2.45) is 5.92 Å². The number of rotatable bonds is 3. The Hall–Kier alpha value is -2.31. The molecule has 2 fully saturated rings. The summed E-state index contributed by atoms with van der Waals surface area (Å²) in [4.78, 5) is 35.5. The third kappa shape index (κ3) is 3.02. The first-order valence-corrected chi connectivity index (χ1v) is 8.03. The molecule has 2 amide bonds. The number of piperidine rings is 2. The zero-order valence-electron chi connectivity index (χ0n) is 13.1. The quantitative estimate of drug-likeness (QED) is 0.676. The van der Waals surface area contributed by atoms with Crippen LogP contribution in [0.1, 0.15) is 37.2 Å². The van der Waals surface area contributed by atoms with Crippen LogP contribution in [0, 0.1) is 17.6 Å². The van der Waals surface area contributed by atoms with Crippen molar-refractivity contribution in [2.75, 3.05) is 18.0 Å². The molecule has 0 unspecified atom stereocenters.